The number of rotatable bonds is 14. The minimum absolute atomic E-state index is 0.0349. The van der Waals surface area contributed by atoms with E-state index in [1.165, 1.54) is 4.90 Å². The minimum atomic E-state index is -2.77. The number of likely N-dealkylation sites (tertiary alicyclic amines) is 2. The number of aliphatic hydroxyl groups excluding tert-OH is 1. The number of aromatic amines is 1. The van der Waals surface area contributed by atoms with Gasteiger partial charge in [-0.25, -0.2) is 23.7 Å². The van der Waals surface area contributed by atoms with E-state index < -0.39 is 64.5 Å². The lowest BCUT2D eigenvalue weighted by atomic mass is 9.85. The van der Waals surface area contributed by atoms with E-state index in [1.54, 1.807) is 53.2 Å². The average Bonchev–Trinajstić information content (AvgIpc) is 2.37. The number of amides is 5. The number of carbonyl (C=O) groups excluding carboxylic acids is 5. The van der Waals surface area contributed by atoms with Crippen LogP contribution >= 0.6 is 11.3 Å². The molecule has 4 fully saturated rings. The van der Waals surface area contributed by atoms with Gasteiger partial charge in [0, 0.05) is 86.2 Å². The van der Waals surface area contributed by atoms with Crippen molar-refractivity contribution in [1.29, 1.82) is 0 Å². The molecule has 5 amide bonds. The Balaban J connectivity index is 0.667. The highest BCUT2D eigenvalue weighted by molar-refractivity contribution is 7.13. The van der Waals surface area contributed by atoms with Gasteiger partial charge in [0.05, 0.1) is 64.2 Å². The Morgan fingerprint density at radius 1 is 0.899 bits per heavy atom. The van der Waals surface area contributed by atoms with Gasteiger partial charge in [0.1, 0.15) is 12.1 Å². The summed E-state index contributed by atoms with van der Waals surface area (Å²) in [6.07, 6.45) is 7.01. The molecule has 0 bridgehead atoms. The fourth-order valence-corrected chi connectivity index (χ4v) is 13.0. The van der Waals surface area contributed by atoms with Crippen molar-refractivity contribution in [1.82, 2.24) is 55.4 Å². The molecule has 7 atom stereocenters. The first-order valence-electron chi connectivity index (χ1n) is 27.0. The van der Waals surface area contributed by atoms with Gasteiger partial charge in [-0.3, -0.25) is 33.8 Å². The quantitative estimate of drug-likeness (QED) is 0.0797. The van der Waals surface area contributed by atoms with Crippen molar-refractivity contribution in [2.75, 3.05) is 42.9 Å². The number of halogens is 2. The summed E-state index contributed by atoms with van der Waals surface area (Å²) in [7, 11) is 0. The van der Waals surface area contributed by atoms with E-state index in [4.69, 9.17) is 0 Å². The van der Waals surface area contributed by atoms with Crippen LogP contribution in [0.15, 0.2) is 84.9 Å². The summed E-state index contributed by atoms with van der Waals surface area (Å²) in [5.74, 6) is -5.85. The normalized spacial score (nSPS) is 22.9. The lowest BCUT2D eigenvalue weighted by Gasteiger charge is -2.45. The van der Waals surface area contributed by atoms with Gasteiger partial charge in [0.2, 0.25) is 23.5 Å². The number of aliphatic hydroxyl groups is 1. The van der Waals surface area contributed by atoms with E-state index in [0.29, 0.717) is 61.7 Å². The van der Waals surface area contributed by atoms with Crippen LogP contribution in [0.25, 0.3) is 10.4 Å². The number of carbonyl (C=O) groups is 5. The number of alkyl halides is 2. The van der Waals surface area contributed by atoms with Crippen LogP contribution in [0.2, 0.25) is 0 Å². The van der Waals surface area contributed by atoms with Crippen LogP contribution in [0.5, 0.6) is 0 Å². The highest BCUT2D eigenvalue weighted by Gasteiger charge is 2.78. The third kappa shape index (κ3) is 10.2. The first kappa shape index (κ1) is 53.5. The molecule has 0 radical (unpaired) electrons. The Bertz CT molecular complexity index is 3270. The highest BCUT2D eigenvalue weighted by Crippen LogP contribution is 2.70. The minimum Gasteiger partial charge on any atom is -0.391 e. The number of thiazole rings is 1. The zero-order valence-corrected chi connectivity index (χ0v) is 45.8. The molecule has 7 heterocycles. The summed E-state index contributed by atoms with van der Waals surface area (Å²) in [6, 6.07) is 15.1. The standard InChI is InChI=1S/C57H65F2N13O6S/c1-31(33-12-14-35(15-13-33)47-32(2)62-30-79-47)64-50(74)43-20-40(73)29-71(43)54(78)48(55(3,4)5)66-52(76)49-60-24-39(25-61-49)69-18-16-36(17-19-69)53(77)70-26-37(27-70)46(34-10-8-7-9-11-34)72-28-38(23-63-72)65-51(75)45-41-21-44-56(6,57(44,58)59)22-42(41)67-68-45/h7-15,23-25,28,30-31,36-37,40,43-44,46,48,73H,16-22,26-27,29H2,1-6H3,(H,64,74)(H,65,75)(H,66,76)(H,67,68)/t31-,40+,43-,44-,46+,48?,56+/m0/s1. The number of nitrogens with one attached hydrogen (secondary N) is 4. The van der Waals surface area contributed by atoms with Gasteiger partial charge in [0.25, 0.3) is 17.7 Å². The zero-order chi connectivity index (χ0) is 55.7. The monoisotopic (exact) mass is 1100 g/mol. The second-order valence-electron chi connectivity index (χ2n) is 23.3. The highest BCUT2D eigenvalue weighted by atomic mass is 32.1. The Hall–Kier alpha value is -7.46. The molecule has 79 heavy (non-hydrogen) atoms. The number of H-pyrrole nitrogens is 1. The lowest BCUT2D eigenvalue weighted by Crippen LogP contribution is -2.58. The molecule has 3 aliphatic heterocycles. The smallest absolute Gasteiger partial charge is 0.289 e. The number of aryl methyl sites for hydroxylation is 1. The second-order valence-corrected chi connectivity index (χ2v) is 24.2. The van der Waals surface area contributed by atoms with Crippen LogP contribution in [-0.2, 0) is 27.2 Å². The lowest BCUT2D eigenvalue weighted by molar-refractivity contribution is -0.143. The molecule has 11 rings (SSSR count). The third-order valence-electron chi connectivity index (χ3n) is 17.0. The summed E-state index contributed by atoms with van der Waals surface area (Å²) < 4.78 is 30.9. The molecule has 4 aromatic heterocycles. The van der Waals surface area contributed by atoms with Crippen molar-refractivity contribution >= 4 is 52.2 Å². The molecule has 0 spiro atoms. The zero-order valence-electron chi connectivity index (χ0n) is 45.0. The molecule has 19 nitrogen and oxygen atoms in total. The number of hydrogen-bond acceptors (Lipinski definition) is 13. The van der Waals surface area contributed by atoms with Crippen molar-refractivity contribution in [2.24, 2.45) is 28.6 Å². The largest absolute Gasteiger partial charge is 0.391 e. The molecule has 414 valence electrons. The molecule has 3 saturated heterocycles. The molecule has 1 saturated carbocycles. The molecule has 2 aliphatic carbocycles. The summed E-state index contributed by atoms with van der Waals surface area (Å²) in [5.41, 5.74) is 6.12. The predicted molar refractivity (Wildman–Crippen MR) is 290 cm³/mol. The fraction of sp³-hybridized carbons (Fsp3) is 0.474. The van der Waals surface area contributed by atoms with Gasteiger partial charge >= 0.3 is 0 Å². The van der Waals surface area contributed by atoms with Crippen molar-refractivity contribution in [2.45, 2.75) is 110 Å². The molecule has 5 N–H and O–H groups in total. The Kier molecular flexibility index (Phi) is 14.0. The van der Waals surface area contributed by atoms with Crippen molar-refractivity contribution < 1.29 is 37.9 Å². The van der Waals surface area contributed by atoms with E-state index in [0.717, 1.165) is 27.3 Å². The number of hydrogen-bond donors (Lipinski definition) is 5. The Labute approximate surface area is 460 Å². The Morgan fingerprint density at radius 3 is 2.28 bits per heavy atom. The van der Waals surface area contributed by atoms with Gasteiger partial charge in [-0.05, 0) is 55.2 Å². The summed E-state index contributed by atoms with van der Waals surface area (Å²) in [6.45, 7) is 13.0. The molecule has 5 aliphatic rings. The molecular weight excluding hydrogens is 1030 g/mol. The van der Waals surface area contributed by atoms with Crippen LogP contribution in [0.4, 0.5) is 20.2 Å². The van der Waals surface area contributed by atoms with Crippen LogP contribution in [0, 0.1) is 35.5 Å². The van der Waals surface area contributed by atoms with Crippen LogP contribution in [0.1, 0.15) is 115 Å². The first-order valence-corrected chi connectivity index (χ1v) is 27.9. The van der Waals surface area contributed by atoms with E-state index in [2.05, 4.69) is 51.1 Å². The van der Waals surface area contributed by atoms with Gasteiger partial charge in [-0.2, -0.15) is 10.2 Å². The molecule has 1 unspecified atom stereocenters. The summed E-state index contributed by atoms with van der Waals surface area (Å²) >= 11 is 1.56. The molecular formula is C57H65F2N13O6S. The van der Waals surface area contributed by atoms with E-state index in [-0.39, 0.29) is 67.2 Å². The predicted octanol–water partition coefficient (Wildman–Crippen LogP) is 6.40. The number of aromatic nitrogens is 7. The number of fused-ring (bicyclic) bond motifs is 2. The number of nitrogens with zero attached hydrogens (tertiary/aromatic N) is 9. The molecule has 6 aromatic rings. The topological polar surface area (TPSA) is 237 Å². The Morgan fingerprint density at radius 2 is 1.61 bits per heavy atom. The van der Waals surface area contributed by atoms with E-state index in [1.807, 2.05) is 94.1 Å². The van der Waals surface area contributed by atoms with Gasteiger partial charge in [-0.1, -0.05) is 82.3 Å². The summed E-state index contributed by atoms with van der Waals surface area (Å²) in [4.78, 5) is 88.9. The van der Waals surface area contributed by atoms with Gasteiger partial charge in [0.15, 0.2) is 5.69 Å². The number of piperidine rings is 1. The number of benzene rings is 2. The maximum Gasteiger partial charge on any atom is 0.289 e. The average molecular weight is 1100 g/mol. The van der Waals surface area contributed by atoms with Gasteiger partial charge < -0.3 is 35.8 Å². The van der Waals surface area contributed by atoms with Crippen molar-refractivity contribution in [3.8, 4) is 10.4 Å². The van der Waals surface area contributed by atoms with Crippen molar-refractivity contribution in [3.63, 3.8) is 0 Å². The summed E-state index contributed by atoms with van der Waals surface area (Å²) in [5, 5.41) is 31.2. The van der Waals surface area contributed by atoms with Crippen molar-refractivity contribution in [3.05, 3.63) is 124 Å². The second kappa shape index (κ2) is 20.6. The fourth-order valence-electron chi connectivity index (χ4n) is 12.2. The van der Waals surface area contributed by atoms with E-state index >= 15 is 0 Å². The third-order valence-corrected chi connectivity index (χ3v) is 18.0. The first-order chi connectivity index (χ1) is 37.7. The van der Waals surface area contributed by atoms with E-state index in [9.17, 15) is 37.9 Å². The maximum absolute atomic E-state index is 14.6. The van der Waals surface area contributed by atoms with Crippen LogP contribution in [-0.4, -0.2) is 136 Å². The molecule has 2 aromatic carbocycles. The number of anilines is 2. The maximum atomic E-state index is 14.6. The van der Waals surface area contributed by atoms with Gasteiger partial charge in [-0.15, -0.1) is 11.3 Å². The van der Waals surface area contributed by atoms with Crippen LogP contribution < -0.4 is 20.9 Å². The van der Waals surface area contributed by atoms with Crippen LogP contribution in [0.3, 0.4) is 0 Å². The molecule has 22 heteroatoms. The number of β-amino-alcohol motifs (C(OH)–C–C–N with tert-alkyl or cyclic N) is 1. The SMILES string of the molecule is Cc1ncsc1-c1ccc([C@H](C)NC(=O)[C@@H]2C[C@@H](O)CN2C(=O)C(NC(=O)c2ncc(N3CCC(C(=O)N4CC([C@@H](c5ccccc5)n5cc(NC(=O)c6n[nH]c7c6C[C@@H]6C(F)(F)[C@]6(C)C7)cn5)C4)CC3)cn2)C(C)(C)C)cc1.